The van der Waals surface area contributed by atoms with Gasteiger partial charge in [-0.25, -0.2) is 4.98 Å². The first-order valence-corrected chi connectivity index (χ1v) is 7.94. The van der Waals surface area contributed by atoms with E-state index in [-0.39, 0.29) is 0 Å². The molecule has 0 aliphatic carbocycles. The lowest BCUT2D eigenvalue weighted by Gasteiger charge is -2.33. The summed E-state index contributed by atoms with van der Waals surface area (Å²) in [5.74, 6) is 2.25. The average Bonchev–Trinajstić information content (AvgIpc) is 3.17. The molecule has 8 heteroatoms. The van der Waals surface area contributed by atoms with Crippen LogP contribution in [0.1, 0.15) is 41.7 Å². The lowest BCUT2D eigenvalue weighted by Crippen LogP contribution is -2.34. The van der Waals surface area contributed by atoms with Crippen LogP contribution in [0, 0.1) is 20.8 Å². The number of nitrogens with one attached hydrogen (secondary N) is 1. The highest BCUT2D eigenvalue weighted by atomic mass is 15.4. The lowest BCUT2D eigenvalue weighted by molar-refractivity contribution is 0.486. The largest absolute Gasteiger partial charge is 0.368 e. The van der Waals surface area contributed by atoms with Gasteiger partial charge in [0.25, 0.3) is 0 Å². The molecule has 0 spiro atoms. The van der Waals surface area contributed by atoms with Gasteiger partial charge in [-0.05, 0) is 39.2 Å². The summed E-state index contributed by atoms with van der Waals surface area (Å²) in [5, 5.41) is 20.0. The molecule has 1 aliphatic rings. The van der Waals surface area contributed by atoms with E-state index >= 15 is 0 Å². The average molecular weight is 312 g/mol. The van der Waals surface area contributed by atoms with Gasteiger partial charge in [-0.1, -0.05) is 0 Å². The van der Waals surface area contributed by atoms with Crippen LogP contribution in [0.4, 0.5) is 5.69 Å². The Labute approximate surface area is 133 Å². The Balaban J connectivity index is 1.61. The third-order valence-corrected chi connectivity index (χ3v) is 4.69. The van der Waals surface area contributed by atoms with Crippen molar-refractivity contribution < 1.29 is 0 Å². The highest BCUT2D eigenvalue weighted by molar-refractivity contribution is 5.72. The third kappa shape index (κ3) is 2.34. The number of aromatic nitrogens is 7. The van der Waals surface area contributed by atoms with Crippen molar-refractivity contribution in [2.75, 3.05) is 18.0 Å². The Morgan fingerprint density at radius 3 is 2.65 bits per heavy atom. The van der Waals surface area contributed by atoms with Crippen LogP contribution in [0.5, 0.6) is 0 Å². The van der Waals surface area contributed by atoms with Crippen LogP contribution < -0.4 is 4.90 Å². The number of hydrogen-bond acceptors (Lipinski definition) is 6. The quantitative estimate of drug-likeness (QED) is 0.772. The lowest BCUT2D eigenvalue weighted by atomic mass is 9.95. The van der Waals surface area contributed by atoms with Gasteiger partial charge in [0, 0.05) is 19.0 Å². The smallest absolute Gasteiger partial charge is 0.201 e. The molecule has 0 radical (unpaired) electrons. The van der Waals surface area contributed by atoms with Crippen LogP contribution in [0.2, 0.25) is 0 Å². The number of nitrogens with zero attached hydrogens (tertiary/aromatic N) is 7. The van der Waals surface area contributed by atoms with Crippen LogP contribution in [0.15, 0.2) is 6.33 Å². The van der Waals surface area contributed by atoms with Gasteiger partial charge >= 0.3 is 0 Å². The molecule has 0 bridgehead atoms. The van der Waals surface area contributed by atoms with Crippen molar-refractivity contribution in [3.8, 4) is 0 Å². The number of fused-ring (bicyclic) bond motifs is 1. The molecule has 0 amide bonds. The number of H-pyrrole nitrogens is 1. The molecule has 1 aliphatic heterocycles. The number of aromatic amines is 1. The van der Waals surface area contributed by atoms with E-state index in [1.54, 1.807) is 10.8 Å². The normalized spacial score (nSPS) is 16.4. The Kier molecular flexibility index (Phi) is 3.24. The molecule has 3 aromatic rings. The minimum Gasteiger partial charge on any atom is -0.368 e. The predicted octanol–water partition coefficient (Wildman–Crippen LogP) is 1.55. The monoisotopic (exact) mass is 312 g/mol. The zero-order valence-corrected chi connectivity index (χ0v) is 13.6. The fourth-order valence-corrected chi connectivity index (χ4v) is 3.32. The molecule has 0 atom stereocenters. The van der Waals surface area contributed by atoms with E-state index in [1.807, 2.05) is 13.8 Å². The van der Waals surface area contributed by atoms with Crippen LogP contribution in [0.25, 0.3) is 5.65 Å². The van der Waals surface area contributed by atoms with E-state index in [9.17, 15) is 0 Å². The third-order valence-electron chi connectivity index (χ3n) is 4.69. The highest BCUT2D eigenvalue weighted by Crippen LogP contribution is 2.32. The van der Waals surface area contributed by atoms with E-state index in [2.05, 4.69) is 42.3 Å². The molecular weight excluding hydrogens is 292 g/mol. The van der Waals surface area contributed by atoms with Gasteiger partial charge in [0.15, 0.2) is 5.82 Å². The Bertz CT molecular complexity index is 840. The SMILES string of the molecule is Cc1nc(C2CCN(c3c(C)c(C)nn4cnnc34)CC2)n[nH]1. The summed E-state index contributed by atoms with van der Waals surface area (Å²) in [6.45, 7) is 8.01. The molecule has 1 saturated heterocycles. The molecule has 120 valence electrons. The minimum absolute atomic E-state index is 0.424. The topological polar surface area (TPSA) is 87.9 Å². The van der Waals surface area contributed by atoms with Crippen LogP contribution >= 0.6 is 0 Å². The number of anilines is 1. The Hall–Kier alpha value is -2.51. The fraction of sp³-hybridized carbons (Fsp3) is 0.533. The second kappa shape index (κ2) is 5.29. The molecule has 4 heterocycles. The van der Waals surface area contributed by atoms with Gasteiger partial charge < -0.3 is 4.90 Å². The summed E-state index contributed by atoms with van der Waals surface area (Å²) in [5.41, 5.74) is 4.18. The first-order chi connectivity index (χ1) is 11.1. The second-order valence-electron chi connectivity index (χ2n) is 6.20. The highest BCUT2D eigenvalue weighted by Gasteiger charge is 2.26. The van der Waals surface area contributed by atoms with E-state index in [4.69, 9.17) is 0 Å². The maximum atomic E-state index is 4.50. The number of hydrogen-bond donors (Lipinski definition) is 1. The molecule has 23 heavy (non-hydrogen) atoms. The Morgan fingerprint density at radius 1 is 1.17 bits per heavy atom. The Morgan fingerprint density at radius 2 is 1.96 bits per heavy atom. The number of piperidine rings is 1. The summed E-state index contributed by atoms with van der Waals surface area (Å²) in [6.07, 6.45) is 3.74. The van der Waals surface area contributed by atoms with E-state index < -0.39 is 0 Å². The summed E-state index contributed by atoms with van der Waals surface area (Å²) < 4.78 is 1.77. The van der Waals surface area contributed by atoms with Crippen molar-refractivity contribution in [1.29, 1.82) is 0 Å². The van der Waals surface area contributed by atoms with Crippen LogP contribution in [0.3, 0.4) is 0 Å². The van der Waals surface area contributed by atoms with E-state index in [0.717, 1.165) is 54.6 Å². The second-order valence-corrected chi connectivity index (χ2v) is 6.20. The summed E-state index contributed by atoms with van der Waals surface area (Å²) >= 11 is 0. The van der Waals surface area contributed by atoms with Crippen LogP contribution in [-0.2, 0) is 0 Å². The zero-order valence-electron chi connectivity index (χ0n) is 13.6. The van der Waals surface area contributed by atoms with Gasteiger partial charge in [0.1, 0.15) is 12.2 Å². The minimum atomic E-state index is 0.424. The van der Waals surface area contributed by atoms with Gasteiger partial charge in [-0.2, -0.15) is 14.7 Å². The predicted molar refractivity (Wildman–Crippen MR) is 85.6 cm³/mol. The molecule has 3 aromatic heterocycles. The van der Waals surface area contributed by atoms with Crippen molar-refractivity contribution in [3.05, 3.63) is 29.2 Å². The van der Waals surface area contributed by atoms with Crippen LogP contribution in [-0.4, -0.2) is 48.1 Å². The number of rotatable bonds is 2. The summed E-state index contributed by atoms with van der Waals surface area (Å²) in [7, 11) is 0. The number of aryl methyl sites for hydroxylation is 2. The molecule has 8 nitrogen and oxygen atoms in total. The van der Waals surface area contributed by atoms with Crippen molar-refractivity contribution in [2.24, 2.45) is 0 Å². The molecule has 1 fully saturated rings. The first-order valence-electron chi connectivity index (χ1n) is 7.94. The summed E-state index contributed by atoms with van der Waals surface area (Å²) in [6, 6.07) is 0. The van der Waals surface area contributed by atoms with Crippen molar-refractivity contribution >= 4 is 11.3 Å². The van der Waals surface area contributed by atoms with Gasteiger partial charge in [0.2, 0.25) is 5.65 Å². The first kappa shape index (κ1) is 14.1. The van der Waals surface area contributed by atoms with E-state index in [1.165, 1.54) is 5.56 Å². The van der Waals surface area contributed by atoms with Gasteiger partial charge in [-0.3, -0.25) is 5.10 Å². The van der Waals surface area contributed by atoms with Gasteiger partial charge in [0.05, 0.1) is 11.4 Å². The molecule has 0 aromatic carbocycles. The van der Waals surface area contributed by atoms with Crippen molar-refractivity contribution in [3.63, 3.8) is 0 Å². The van der Waals surface area contributed by atoms with Gasteiger partial charge in [-0.15, -0.1) is 10.2 Å². The fourth-order valence-electron chi connectivity index (χ4n) is 3.32. The molecule has 4 rings (SSSR count). The standard InChI is InChI=1S/C15H20N8/c1-9-10(2)21-23-8-16-20-15(23)13(9)22-6-4-12(5-7-22)14-17-11(3)18-19-14/h8,12H,4-7H2,1-3H3,(H,17,18,19). The van der Waals surface area contributed by atoms with E-state index in [0.29, 0.717) is 5.92 Å². The molecule has 0 unspecified atom stereocenters. The zero-order chi connectivity index (χ0) is 16.0. The maximum Gasteiger partial charge on any atom is 0.201 e. The molecule has 1 N–H and O–H groups in total. The van der Waals surface area contributed by atoms with Crippen molar-refractivity contribution in [1.82, 2.24) is 35.0 Å². The molecule has 0 saturated carbocycles. The maximum absolute atomic E-state index is 4.50. The summed E-state index contributed by atoms with van der Waals surface area (Å²) in [4.78, 5) is 6.88. The van der Waals surface area contributed by atoms with Crippen molar-refractivity contribution in [2.45, 2.75) is 39.5 Å². The molecular formula is C15H20N8.